The molecule has 0 aliphatic carbocycles. The Hall–Kier alpha value is -2.04. The molecule has 0 radical (unpaired) electrons. The van der Waals surface area contributed by atoms with Gasteiger partial charge in [-0.15, -0.1) is 0 Å². The van der Waals surface area contributed by atoms with E-state index in [0.717, 1.165) is 17.0 Å². The molecule has 0 fully saturated rings. The van der Waals surface area contributed by atoms with Crippen LogP contribution in [0, 0.1) is 13.8 Å². The molecule has 4 nitrogen and oxygen atoms in total. The fourth-order valence-corrected chi connectivity index (χ4v) is 2.83. The average Bonchev–Trinajstić information content (AvgIpc) is 2.55. The molecule has 0 aliphatic heterocycles. The summed E-state index contributed by atoms with van der Waals surface area (Å²) in [4.78, 5) is 2.06. The number of ether oxygens (including phenoxy) is 2. The molecule has 4 heteroatoms. The molecule has 1 atom stereocenters. The van der Waals surface area contributed by atoms with E-state index in [9.17, 15) is 5.11 Å². The van der Waals surface area contributed by atoms with Crippen molar-refractivity contribution in [2.75, 3.05) is 32.2 Å². The maximum atomic E-state index is 10.2. The van der Waals surface area contributed by atoms with Crippen LogP contribution >= 0.6 is 0 Å². The van der Waals surface area contributed by atoms with E-state index in [-0.39, 0.29) is 6.61 Å². The number of aryl methyl sites for hydroxylation is 2. The largest absolute Gasteiger partial charge is 0.496 e. The molecule has 0 aromatic heterocycles. The number of methoxy groups -OCH3 is 1. The molecular weight excluding hydrogens is 302 g/mol. The highest BCUT2D eigenvalue weighted by Gasteiger charge is 2.12. The second kappa shape index (κ2) is 8.71. The van der Waals surface area contributed by atoms with Gasteiger partial charge in [0.15, 0.2) is 0 Å². The zero-order valence-electron chi connectivity index (χ0n) is 15.0. The van der Waals surface area contributed by atoms with Crippen LogP contribution in [0.1, 0.15) is 16.7 Å². The summed E-state index contributed by atoms with van der Waals surface area (Å²) in [5.41, 5.74) is 4.56. The Balaban J connectivity index is 1.83. The predicted octanol–water partition coefficient (Wildman–Crippen LogP) is 3.33. The van der Waals surface area contributed by atoms with E-state index in [1.54, 1.807) is 7.11 Å². The molecular formula is C20H27NO3. The number of anilines is 1. The Morgan fingerprint density at radius 1 is 1.12 bits per heavy atom. The van der Waals surface area contributed by atoms with Crippen LogP contribution in [0.5, 0.6) is 5.75 Å². The van der Waals surface area contributed by atoms with Gasteiger partial charge in [0.2, 0.25) is 0 Å². The molecule has 0 bridgehead atoms. The third-order valence-corrected chi connectivity index (χ3v) is 4.01. The first kappa shape index (κ1) is 18.3. The van der Waals surface area contributed by atoms with E-state index in [0.29, 0.717) is 13.2 Å². The van der Waals surface area contributed by atoms with Crippen LogP contribution < -0.4 is 9.64 Å². The topological polar surface area (TPSA) is 41.9 Å². The van der Waals surface area contributed by atoms with Crippen molar-refractivity contribution in [1.82, 2.24) is 0 Å². The summed E-state index contributed by atoms with van der Waals surface area (Å²) < 4.78 is 11.0. The van der Waals surface area contributed by atoms with Gasteiger partial charge in [-0.05, 0) is 31.5 Å². The minimum atomic E-state index is -0.551. The maximum Gasteiger partial charge on any atom is 0.124 e. The Morgan fingerprint density at radius 2 is 1.88 bits per heavy atom. The van der Waals surface area contributed by atoms with Gasteiger partial charge in [0.25, 0.3) is 0 Å². The zero-order valence-corrected chi connectivity index (χ0v) is 15.0. The number of benzene rings is 2. The SMILES string of the molecule is COc1ccccc1COC[C@@H](O)CN(C)c1ccc(C)cc1C. The van der Waals surface area contributed by atoms with Crippen molar-refractivity contribution in [1.29, 1.82) is 0 Å². The standard InChI is InChI=1S/C20H27NO3/c1-15-9-10-19(16(2)11-15)21(3)12-18(22)14-24-13-17-7-5-6-8-20(17)23-4/h5-11,18,22H,12-14H2,1-4H3/t18-/m0/s1. The van der Waals surface area contributed by atoms with Gasteiger partial charge in [-0.2, -0.15) is 0 Å². The summed E-state index contributed by atoms with van der Waals surface area (Å²) in [5.74, 6) is 0.805. The lowest BCUT2D eigenvalue weighted by molar-refractivity contribution is 0.0317. The minimum Gasteiger partial charge on any atom is -0.496 e. The minimum absolute atomic E-state index is 0.285. The molecule has 0 saturated heterocycles. The molecule has 0 unspecified atom stereocenters. The van der Waals surface area contributed by atoms with Gasteiger partial charge in [0.05, 0.1) is 26.4 Å². The van der Waals surface area contributed by atoms with Crippen LogP contribution in [0.2, 0.25) is 0 Å². The van der Waals surface area contributed by atoms with Gasteiger partial charge in [-0.3, -0.25) is 0 Å². The second-order valence-electron chi connectivity index (χ2n) is 6.15. The first-order chi connectivity index (χ1) is 11.5. The zero-order chi connectivity index (χ0) is 17.5. The first-order valence-corrected chi connectivity index (χ1v) is 8.17. The molecule has 0 heterocycles. The smallest absolute Gasteiger partial charge is 0.124 e. The molecule has 0 aliphatic rings. The molecule has 0 saturated carbocycles. The summed E-state index contributed by atoms with van der Waals surface area (Å²) in [6, 6.07) is 14.1. The van der Waals surface area contributed by atoms with E-state index in [4.69, 9.17) is 9.47 Å². The lowest BCUT2D eigenvalue weighted by Gasteiger charge is -2.24. The van der Waals surface area contributed by atoms with Crippen molar-refractivity contribution in [3.05, 3.63) is 59.2 Å². The van der Waals surface area contributed by atoms with Gasteiger partial charge in [-0.1, -0.05) is 35.9 Å². The molecule has 1 N–H and O–H groups in total. The van der Waals surface area contributed by atoms with Crippen molar-refractivity contribution < 1.29 is 14.6 Å². The normalized spacial score (nSPS) is 12.0. The Kier molecular flexibility index (Phi) is 6.64. The summed E-state index contributed by atoms with van der Waals surface area (Å²) in [5, 5.41) is 10.2. The fourth-order valence-electron chi connectivity index (χ4n) is 2.83. The average molecular weight is 329 g/mol. The van der Waals surface area contributed by atoms with Gasteiger partial charge < -0.3 is 19.5 Å². The number of rotatable bonds is 8. The Bertz CT molecular complexity index is 657. The second-order valence-corrected chi connectivity index (χ2v) is 6.15. The Labute approximate surface area is 144 Å². The first-order valence-electron chi connectivity index (χ1n) is 8.17. The summed E-state index contributed by atoms with van der Waals surface area (Å²) in [7, 11) is 3.63. The quantitative estimate of drug-likeness (QED) is 0.807. The van der Waals surface area contributed by atoms with E-state index < -0.39 is 6.10 Å². The molecule has 130 valence electrons. The van der Waals surface area contributed by atoms with E-state index in [1.165, 1.54) is 11.1 Å². The van der Waals surface area contributed by atoms with Crippen molar-refractivity contribution in [3.8, 4) is 5.75 Å². The highest BCUT2D eigenvalue weighted by molar-refractivity contribution is 5.53. The van der Waals surface area contributed by atoms with Crippen molar-refractivity contribution >= 4 is 5.69 Å². The third-order valence-electron chi connectivity index (χ3n) is 4.01. The van der Waals surface area contributed by atoms with Gasteiger partial charge in [0, 0.05) is 24.8 Å². The van der Waals surface area contributed by atoms with Crippen molar-refractivity contribution in [2.24, 2.45) is 0 Å². The van der Waals surface area contributed by atoms with Crippen LogP contribution in [-0.2, 0) is 11.3 Å². The number of hydrogen-bond donors (Lipinski definition) is 1. The molecule has 2 aromatic carbocycles. The molecule has 2 aromatic rings. The number of hydrogen-bond acceptors (Lipinski definition) is 4. The summed E-state index contributed by atoms with van der Waals surface area (Å²) in [6.45, 7) is 5.40. The highest BCUT2D eigenvalue weighted by Crippen LogP contribution is 2.20. The highest BCUT2D eigenvalue weighted by atomic mass is 16.5. The number of aliphatic hydroxyl groups is 1. The number of para-hydroxylation sites is 1. The van der Waals surface area contributed by atoms with Crippen LogP contribution in [0.25, 0.3) is 0 Å². The van der Waals surface area contributed by atoms with Crippen molar-refractivity contribution in [3.63, 3.8) is 0 Å². The van der Waals surface area contributed by atoms with Gasteiger partial charge >= 0.3 is 0 Å². The van der Waals surface area contributed by atoms with Crippen LogP contribution in [0.3, 0.4) is 0 Å². The van der Waals surface area contributed by atoms with E-state index >= 15 is 0 Å². The maximum absolute atomic E-state index is 10.2. The van der Waals surface area contributed by atoms with Gasteiger partial charge in [0.1, 0.15) is 5.75 Å². The van der Waals surface area contributed by atoms with Crippen molar-refractivity contribution in [2.45, 2.75) is 26.6 Å². The molecule has 0 amide bonds. The number of aliphatic hydroxyl groups excluding tert-OH is 1. The monoisotopic (exact) mass is 329 g/mol. The van der Waals surface area contributed by atoms with Crippen LogP contribution in [-0.4, -0.2) is 38.5 Å². The third kappa shape index (κ3) is 4.98. The molecule has 24 heavy (non-hydrogen) atoms. The lowest BCUT2D eigenvalue weighted by Crippen LogP contribution is -2.32. The van der Waals surface area contributed by atoms with Crippen LogP contribution in [0.15, 0.2) is 42.5 Å². The summed E-state index contributed by atoms with van der Waals surface area (Å²) in [6.07, 6.45) is -0.551. The molecule has 2 rings (SSSR count). The number of nitrogens with zero attached hydrogens (tertiary/aromatic N) is 1. The molecule has 0 spiro atoms. The van der Waals surface area contributed by atoms with Gasteiger partial charge in [-0.25, -0.2) is 0 Å². The lowest BCUT2D eigenvalue weighted by atomic mass is 10.1. The number of likely N-dealkylation sites (N-methyl/N-ethyl adjacent to an activating group) is 1. The predicted molar refractivity (Wildman–Crippen MR) is 97.8 cm³/mol. The van der Waals surface area contributed by atoms with E-state index in [1.807, 2.05) is 31.3 Å². The van der Waals surface area contributed by atoms with E-state index in [2.05, 4.69) is 36.9 Å². The van der Waals surface area contributed by atoms with Crippen LogP contribution in [0.4, 0.5) is 5.69 Å². The summed E-state index contributed by atoms with van der Waals surface area (Å²) >= 11 is 0. The fraction of sp³-hybridized carbons (Fsp3) is 0.400. The Morgan fingerprint density at radius 3 is 2.58 bits per heavy atom.